The molecule has 0 aliphatic rings. The Morgan fingerprint density at radius 3 is 1.93 bits per heavy atom. The molecule has 0 N–H and O–H groups in total. The number of aryl methyl sites for hydroxylation is 1. The van der Waals surface area contributed by atoms with Gasteiger partial charge in [0, 0.05) is 0 Å². The average molecular weight is 403 g/mol. The van der Waals surface area contributed by atoms with Crippen molar-refractivity contribution in [1.29, 1.82) is 0 Å². The van der Waals surface area contributed by atoms with E-state index < -0.39 is 17.6 Å². The van der Waals surface area contributed by atoms with Crippen molar-refractivity contribution in [2.24, 2.45) is 0 Å². The molecule has 0 amide bonds. The van der Waals surface area contributed by atoms with Crippen LogP contribution in [-0.4, -0.2) is 0 Å². The van der Waals surface area contributed by atoms with E-state index in [-0.39, 0.29) is 18.8 Å². The first kappa shape index (κ1) is 15.5. The summed E-state index contributed by atoms with van der Waals surface area (Å²) in [7, 11) is 0. The quantitative estimate of drug-likeness (QED) is 0.430. The van der Waals surface area contributed by atoms with Gasteiger partial charge in [-0.15, -0.1) is 0 Å². The zero-order valence-electron chi connectivity index (χ0n) is 7.71. The fourth-order valence-corrected chi connectivity index (χ4v) is 0.900. The molecule has 1 aromatic rings. The Morgan fingerprint density at radius 1 is 1.13 bits per heavy atom. The molecular weight excluding hydrogens is 397 g/mol. The van der Waals surface area contributed by atoms with Crippen molar-refractivity contribution in [2.75, 3.05) is 0 Å². The van der Waals surface area contributed by atoms with Crippen molar-refractivity contribution in [1.82, 2.24) is 0 Å². The van der Waals surface area contributed by atoms with Crippen LogP contribution >= 0.6 is 27.2 Å². The van der Waals surface area contributed by atoms with Gasteiger partial charge in [-0.1, -0.05) is 0 Å². The summed E-state index contributed by atoms with van der Waals surface area (Å²) in [6.45, 7) is 1.42. The SMILES string of the molecule is Cc1cc(F)cc(C(F)(F)F)c1.[Br][Zn][Br]. The number of rotatable bonds is 0. The monoisotopic (exact) mass is 400 g/mol. The van der Waals surface area contributed by atoms with Gasteiger partial charge in [-0.25, -0.2) is 4.39 Å². The van der Waals surface area contributed by atoms with Crippen molar-refractivity contribution >= 4 is 27.2 Å². The molecule has 1 aromatic carbocycles. The summed E-state index contributed by atoms with van der Waals surface area (Å²) in [5.74, 6) is -0.859. The van der Waals surface area contributed by atoms with Gasteiger partial charge in [-0.05, 0) is 30.7 Å². The van der Waals surface area contributed by atoms with Crippen molar-refractivity contribution in [2.45, 2.75) is 13.1 Å². The van der Waals surface area contributed by atoms with Gasteiger partial charge in [0.1, 0.15) is 5.82 Å². The molecule has 7 heteroatoms. The van der Waals surface area contributed by atoms with Crippen LogP contribution in [0.5, 0.6) is 0 Å². The normalized spacial score (nSPS) is 10.1. The van der Waals surface area contributed by atoms with Gasteiger partial charge in [0.15, 0.2) is 0 Å². The molecule has 0 fully saturated rings. The van der Waals surface area contributed by atoms with Crippen molar-refractivity contribution in [3.8, 4) is 0 Å². The molecule has 1 rings (SSSR count). The second kappa shape index (κ2) is 6.97. The molecule has 0 spiro atoms. The van der Waals surface area contributed by atoms with Crippen molar-refractivity contribution in [3.63, 3.8) is 0 Å². The van der Waals surface area contributed by atoms with Gasteiger partial charge < -0.3 is 0 Å². The number of halogens is 6. The summed E-state index contributed by atoms with van der Waals surface area (Å²) in [5, 5.41) is 0. The van der Waals surface area contributed by atoms with E-state index in [1.807, 2.05) is 0 Å². The van der Waals surface area contributed by atoms with Crippen molar-refractivity contribution in [3.05, 3.63) is 35.1 Å². The molecule has 0 saturated carbocycles. The van der Waals surface area contributed by atoms with Crippen LogP contribution in [0, 0.1) is 12.7 Å². The van der Waals surface area contributed by atoms with E-state index in [9.17, 15) is 17.6 Å². The van der Waals surface area contributed by atoms with Crippen LogP contribution in [0.1, 0.15) is 11.1 Å². The first-order valence-electron chi connectivity index (χ1n) is 3.77. The maximum absolute atomic E-state index is 12.5. The van der Waals surface area contributed by atoms with Gasteiger partial charge in [-0.3, -0.25) is 0 Å². The molecule has 0 saturated heterocycles. The minimum atomic E-state index is -4.47. The molecule has 0 aliphatic carbocycles. The number of alkyl halides is 3. The topological polar surface area (TPSA) is 0 Å². The molecule has 15 heavy (non-hydrogen) atoms. The van der Waals surface area contributed by atoms with Gasteiger partial charge in [0.25, 0.3) is 0 Å². The van der Waals surface area contributed by atoms with Crippen LogP contribution in [0.15, 0.2) is 18.2 Å². The summed E-state index contributed by atoms with van der Waals surface area (Å²) in [4.78, 5) is 0. The van der Waals surface area contributed by atoms with E-state index in [0.29, 0.717) is 6.07 Å². The third-order valence-electron chi connectivity index (χ3n) is 1.37. The van der Waals surface area contributed by atoms with Crippen LogP contribution in [0.2, 0.25) is 0 Å². The standard InChI is InChI=1S/C8H6F4.2BrH.Zn/c1-5-2-6(8(10,11)12)4-7(9)3-5;;;/h2-4H,1H3;2*1H;/q;;;+2/p-2. The predicted molar refractivity (Wildman–Crippen MR) is 54.0 cm³/mol. The summed E-state index contributed by atoms with van der Waals surface area (Å²) in [5.41, 5.74) is -0.678. The second-order valence-corrected chi connectivity index (χ2v) is 16.7. The maximum atomic E-state index is 12.5. The predicted octanol–water partition coefficient (Wildman–Crippen LogP) is 4.84. The molecule has 0 atom stereocenters. The Kier molecular flexibility index (Phi) is 7.21. The number of hydrogen-bond acceptors (Lipinski definition) is 0. The number of hydrogen-bond donors (Lipinski definition) is 0. The molecule has 0 aliphatic heterocycles. The molecule has 0 bridgehead atoms. The zero-order valence-corrected chi connectivity index (χ0v) is 13.8. The van der Waals surface area contributed by atoms with Gasteiger partial charge in [-0.2, -0.15) is 13.2 Å². The molecule has 0 nitrogen and oxygen atoms in total. The van der Waals surface area contributed by atoms with E-state index in [1.165, 1.54) is 6.92 Å². The van der Waals surface area contributed by atoms with Crippen LogP contribution in [-0.2, 0) is 19.4 Å². The molecular formula is C8H6Br2F4Zn. The summed E-state index contributed by atoms with van der Waals surface area (Å²) >= 11 is 6.25. The van der Waals surface area contributed by atoms with Crippen LogP contribution < -0.4 is 0 Å². The Morgan fingerprint density at radius 2 is 1.60 bits per heavy atom. The Hall–Kier alpha value is 0.523. The van der Waals surface area contributed by atoms with Crippen LogP contribution in [0.4, 0.5) is 17.6 Å². The van der Waals surface area contributed by atoms with E-state index in [2.05, 4.69) is 27.2 Å². The Balaban J connectivity index is 0.000000583. The third kappa shape index (κ3) is 6.64. The molecule has 82 valence electrons. The first-order chi connectivity index (χ1) is 6.81. The van der Waals surface area contributed by atoms with Gasteiger partial charge >= 0.3 is 46.6 Å². The van der Waals surface area contributed by atoms with Crippen LogP contribution in [0.25, 0.3) is 0 Å². The van der Waals surface area contributed by atoms with Gasteiger partial charge in [0.2, 0.25) is 0 Å². The van der Waals surface area contributed by atoms with Gasteiger partial charge in [0.05, 0.1) is 5.56 Å². The second-order valence-electron chi connectivity index (χ2n) is 2.62. The summed E-state index contributed by atoms with van der Waals surface area (Å²) < 4.78 is 48.4. The fraction of sp³-hybridized carbons (Fsp3) is 0.250. The third-order valence-corrected chi connectivity index (χ3v) is 1.37. The van der Waals surface area contributed by atoms with Crippen LogP contribution in [0.3, 0.4) is 0 Å². The summed E-state index contributed by atoms with van der Waals surface area (Å²) in [6.07, 6.45) is -4.47. The molecule has 0 heterocycles. The van der Waals surface area contributed by atoms with E-state index >= 15 is 0 Å². The zero-order chi connectivity index (χ0) is 12.1. The van der Waals surface area contributed by atoms with E-state index in [1.54, 1.807) is 0 Å². The van der Waals surface area contributed by atoms with Crippen molar-refractivity contribution < 1.29 is 30.8 Å². The average Bonchev–Trinajstić information content (AvgIpc) is 2.01. The fourth-order valence-electron chi connectivity index (χ4n) is 0.900. The molecule has 0 unspecified atom stereocenters. The number of benzene rings is 1. The summed E-state index contributed by atoms with van der Waals surface area (Å²) in [6, 6.07) is 2.44. The van der Waals surface area contributed by atoms with E-state index in [4.69, 9.17) is 0 Å². The molecule has 0 radical (unpaired) electrons. The minimum absolute atomic E-state index is 0.250. The Bertz CT molecular complexity index is 294. The van der Waals surface area contributed by atoms with E-state index in [0.717, 1.165) is 12.1 Å². The Labute approximate surface area is 106 Å². The first-order valence-corrected chi connectivity index (χ1v) is 17.7. The molecule has 0 aromatic heterocycles.